The Kier molecular flexibility index (Phi) is 18.0. The molecular weight excluding hydrogens is 737 g/mol. The summed E-state index contributed by atoms with van der Waals surface area (Å²) in [6.45, 7) is 19.8. The van der Waals surface area contributed by atoms with Crippen LogP contribution in [0.4, 0.5) is 0 Å². The SMILES string of the molecule is CC(C)(C)OC(=O)C[C@H](NC(=O)c1cc(SCCC#N)c(C(=O)N[C@@H](CC(=O)OC(C)(C)C)C(=O)OC(C)(C)C)cc1SCCC#N)C(=O)OC(C)(C)C. The molecule has 0 radical (unpaired) electrons. The third-order valence-electron chi connectivity index (χ3n) is 6.09. The molecule has 298 valence electrons. The Balaban J connectivity index is 3.80. The van der Waals surface area contributed by atoms with Crippen molar-refractivity contribution in [3.8, 4) is 12.1 Å². The molecule has 54 heavy (non-hydrogen) atoms. The minimum Gasteiger partial charge on any atom is -0.460 e. The first-order chi connectivity index (χ1) is 24.6. The second kappa shape index (κ2) is 20.4. The molecule has 0 bridgehead atoms. The molecule has 0 unspecified atom stereocenters. The van der Waals surface area contributed by atoms with Gasteiger partial charge in [-0.1, -0.05) is 0 Å². The highest BCUT2D eigenvalue weighted by atomic mass is 32.2. The van der Waals surface area contributed by atoms with Crippen molar-refractivity contribution in [3.63, 3.8) is 0 Å². The standard InChI is InChI=1S/C38H54N4O10S2/c1-35(2,3)49-29(43)21-25(33(47)51-37(7,8)9)41-31(45)23-19-28(54-18-14-16-40)24(20-27(23)53-17-13-15-39)32(46)42-26(34(48)52-38(10,11)12)22-30(44)50-36(4,5)6/h19-20,25-26H,13-14,17-18,21-22H2,1-12H3,(H,41,45)(H,42,46)/t25-,26-/m0/s1. The summed E-state index contributed by atoms with van der Waals surface area (Å²) in [6.07, 6.45) is -0.908. The predicted octanol–water partition coefficient (Wildman–Crippen LogP) is 6.04. The number of nitrogens with zero attached hydrogens (tertiary/aromatic N) is 2. The van der Waals surface area contributed by atoms with Crippen LogP contribution < -0.4 is 10.6 Å². The van der Waals surface area contributed by atoms with Crippen LogP contribution in [0.1, 0.15) is 129 Å². The highest BCUT2D eigenvalue weighted by Gasteiger charge is 2.34. The largest absolute Gasteiger partial charge is 0.460 e. The van der Waals surface area contributed by atoms with E-state index >= 15 is 0 Å². The molecule has 0 spiro atoms. The van der Waals surface area contributed by atoms with Gasteiger partial charge in [-0.15, -0.1) is 23.5 Å². The second-order valence-electron chi connectivity index (χ2n) is 16.1. The van der Waals surface area contributed by atoms with Crippen molar-refractivity contribution < 1.29 is 47.7 Å². The van der Waals surface area contributed by atoms with Gasteiger partial charge in [-0.2, -0.15) is 10.5 Å². The normalized spacial score (nSPS) is 12.9. The number of hydrogen-bond acceptors (Lipinski definition) is 14. The number of ether oxygens (including phenoxy) is 4. The fraction of sp³-hybridized carbons (Fsp3) is 0.632. The van der Waals surface area contributed by atoms with E-state index in [-0.39, 0.29) is 45.3 Å². The van der Waals surface area contributed by atoms with Crippen LogP contribution in [0, 0.1) is 22.7 Å². The van der Waals surface area contributed by atoms with E-state index in [4.69, 9.17) is 18.9 Å². The van der Waals surface area contributed by atoms with Crippen molar-refractivity contribution in [1.29, 1.82) is 10.5 Å². The van der Waals surface area contributed by atoms with Gasteiger partial charge in [0.25, 0.3) is 11.8 Å². The third-order valence-corrected chi connectivity index (χ3v) is 8.20. The lowest BCUT2D eigenvalue weighted by atomic mass is 10.1. The van der Waals surface area contributed by atoms with Crippen LogP contribution >= 0.6 is 23.5 Å². The number of amides is 2. The molecule has 0 heterocycles. The summed E-state index contributed by atoms with van der Waals surface area (Å²) in [5, 5.41) is 23.6. The molecule has 2 amide bonds. The minimum atomic E-state index is -1.45. The van der Waals surface area contributed by atoms with E-state index in [1.165, 1.54) is 12.1 Å². The van der Waals surface area contributed by atoms with Gasteiger partial charge in [0.2, 0.25) is 0 Å². The molecule has 16 heteroatoms. The summed E-state index contributed by atoms with van der Waals surface area (Å²) in [5.41, 5.74) is -3.64. The number of benzene rings is 1. The van der Waals surface area contributed by atoms with Gasteiger partial charge in [-0.25, -0.2) is 9.59 Å². The average Bonchev–Trinajstić information content (AvgIpc) is 2.97. The van der Waals surface area contributed by atoms with E-state index in [2.05, 4.69) is 10.6 Å². The Morgan fingerprint density at radius 3 is 1.13 bits per heavy atom. The molecule has 2 N–H and O–H groups in total. The topological polar surface area (TPSA) is 211 Å². The highest BCUT2D eigenvalue weighted by molar-refractivity contribution is 7.99. The number of rotatable bonds is 16. The van der Waals surface area contributed by atoms with E-state index in [1.54, 1.807) is 83.1 Å². The van der Waals surface area contributed by atoms with Gasteiger partial charge in [-0.3, -0.25) is 19.2 Å². The smallest absolute Gasteiger partial charge is 0.329 e. The minimum absolute atomic E-state index is 0.00384. The maximum atomic E-state index is 14.0. The average molecular weight is 791 g/mol. The third kappa shape index (κ3) is 19.2. The molecule has 0 saturated carbocycles. The Bertz CT molecular complexity index is 1500. The van der Waals surface area contributed by atoms with Crippen LogP contribution in [0.2, 0.25) is 0 Å². The summed E-state index contributed by atoms with van der Waals surface area (Å²) in [5.74, 6) is -4.42. The zero-order chi connectivity index (χ0) is 41.7. The van der Waals surface area contributed by atoms with Crippen LogP contribution in [0.15, 0.2) is 21.9 Å². The van der Waals surface area contributed by atoms with Crippen LogP contribution in [0.25, 0.3) is 0 Å². The summed E-state index contributed by atoms with van der Waals surface area (Å²) in [4.78, 5) is 80.7. The number of thioether (sulfide) groups is 2. The maximum absolute atomic E-state index is 14.0. The van der Waals surface area contributed by atoms with Crippen molar-refractivity contribution in [2.45, 2.75) is 153 Å². The fourth-order valence-corrected chi connectivity index (χ4v) is 6.11. The highest BCUT2D eigenvalue weighted by Crippen LogP contribution is 2.33. The molecule has 1 rings (SSSR count). The van der Waals surface area contributed by atoms with Crippen LogP contribution in [0.3, 0.4) is 0 Å². The quantitative estimate of drug-likeness (QED) is 0.0846. The molecule has 0 aromatic heterocycles. The van der Waals surface area contributed by atoms with Crippen molar-refractivity contribution in [1.82, 2.24) is 10.6 Å². The summed E-state index contributed by atoms with van der Waals surface area (Å²) < 4.78 is 21.8. The predicted molar refractivity (Wildman–Crippen MR) is 203 cm³/mol. The van der Waals surface area contributed by atoms with E-state index in [0.717, 1.165) is 23.5 Å². The lowest BCUT2D eigenvalue weighted by Crippen LogP contribution is -2.46. The van der Waals surface area contributed by atoms with E-state index in [9.17, 15) is 39.3 Å². The fourth-order valence-electron chi connectivity index (χ4n) is 4.27. The monoisotopic (exact) mass is 790 g/mol. The van der Waals surface area contributed by atoms with Crippen molar-refractivity contribution in [3.05, 3.63) is 23.3 Å². The Labute approximate surface area is 327 Å². The molecular formula is C38H54N4O10S2. The van der Waals surface area contributed by atoms with Gasteiger partial charge in [0.1, 0.15) is 34.5 Å². The summed E-state index contributed by atoms with van der Waals surface area (Å²) in [7, 11) is 0. The zero-order valence-corrected chi connectivity index (χ0v) is 35.0. The number of hydrogen-bond donors (Lipinski definition) is 2. The molecule has 2 atom stereocenters. The van der Waals surface area contributed by atoms with Gasteiger partial charge in [0, 0.05) is 34.1 Å². The number of carbonyl (C=O) groups is 6. The molecule has 0 aliphatic rings. The molecule has 1 aromatic carbocycles. The summed E-state index contributed by atoms with van der Waals surface area (Å²) in [6, 6.07) is 3.94. The second-order valence-corrected chi connectivity index (χ2v) is 18.3. The van der Waals surface area contributed by atoms with Gasteiger partial charge in [-0.05, 0) is 95.2 Å². The van der Waals surface area contributed by atoms with Crippen molar-refractivity contribution >= 4 is 59.2 Å². The van der Waals surface area contributed by atoms with Crippen molar-refractivity contribution in [2.24, 2.45) is 0 Å². The molecule has 0 aliphatic carbocycles. The van der Waals surface area contributed by atoms with Gasteiger partial charge < -0.3 is 29.6 Å². The van der Waals surface area contributed by atoms with Crippen LogP contribution in [0.5, 0.6) is 0 Å². The van der Waals surface area contributed by atoms with Gasteiger partial charge in [0.05, 0.1) is 36.1 Å². The van der Waals surface area contributed by atoms with Crippen LogP contribution in [-0.4, -0.2) is 81.7 Å². The first kappa shape index (κ1) is 47.7. The first-order valence-corrected chi connectivity index (χ1v) is 19.3. The van der Waals surface area contributed by atoms with Gasteiger partial charge >= 0.3 is 23.9 Å². The van der Waals surface area contributed by atoms with E-state index in [1.807, 2.05) is 12.1 Å². The lowest BCUT2D eigenvalue weighted by Gasteiger charge is -2.26. The Hall–Kier alpha value is -4.28. The lowest BCUT2D eigenvalue weighted by molar-refractivity contribution is -0.164. The van der Waals surface area contributed by atoms with Crippen molar-refractivity contribution in [2.75, 3.05) is 11.5 Å². The molecule has 0 aliphatic heterocycles. The number of nitrogens with one attached hydrogen (secondary N) is 2. The Morgan fingerprint density at radius 2 is 0.870 bits per heavy atom. The Morgan fingerprint density at radius 1 is 0.574 bits per heavy atom. The number of carbonyl (C=O) groups excluding carboxylic acids is 6. The molecule has 1 aromatic rings. The van der Waals surface area contributed by atoms with Crippen LogP contribution in [-0.2, 0) is 38.1 Å². The molecule has 14 nitrogen and oxygen atoms in total. The van der Waals surface area contributed by atoms with E-state index in [0.29, 0.717) is 0 Å². The number of nitriles is 2. The maximum Gasteiger partial charge on any atom is 0.329 e. The van der Waals surface area contributed by atoms with Gasteiger partial charge in [0.15, 0.2) is 0 Å². The molecule has 0 fully saturated rings. The molecule has 0 saturated heterocycles. The number of esters is 4. The first-order valence-electron chi connectivity index (χ1n) is 17.3. The van der Waals surface area contributed by atoms with E-state index < -0.39 is 83.0 Å². The zero-order valence-electron chi connectivity index (χ0n) is 33.3. The summed E-state index contributed by atoms with van der Waals surface area (Å²) >= 11 is 2.17.